The fourth-order valence-corrected chi connectivity index (χ4v) is 4.18. The van der Waals surface area contributed by atoms with Crippen LogP contribution in [0.5, 0.6) is 5.75 Å². The third-order valence-corrected chi connectivity index (χ3v) is 5.92. The van der Waals surface area contributed by atoms with Crippen molar-refractivity contribution in [3.63, 3.8) is 0 Å². The number of anilines is 1. The monoisotopic (exact) mass is 435 g/mol. The zero-order valence-corrected chi connectivity index (χ0v) is 18.6. The normalized spacial score (nSPS) is 17.2. The molecule has 1 fully saturated rings. The van der Waals surface area contributed by atoms with Gasteiger partial charge in [-0.3, -0.25) is 19.4 Å². The summed E-state index contributed by atoms with van der Waals surface area (Å²) in [4.78, 5) is 32.7. The number of ether oxygens (including phenoxy) is 2. The van der Waals surface area contributed by atoms with Gasteiger partial charge in [0.1, 0.15) is 11.4 Å². The van der Waals surface area contributed by atoms with Crippen molar-refractivity contribution in [3.8, 4) is 5.75 Å². The Morgan fingerprint density at radius 3 is 2.25 bits per heavy atom. The molecule has 2 aromatic carbocycles. The van der Waals surface area contributed by atoms with Gasteiger partial charge in [0, 0.05) is 38.4 Å². The first-order valence-corrected chi connectivity index (χ1v) is 11.0. The molecule has 0 unspecified atom stereocenters. The highest BCUT2D eigenvalue weighted by molar-refractivity contribution is 6.36. The van der Waals surface area contributed by atoms with Crippen LogP contribution < -0.4 is 9.64 Å². The third-order valence-electron chi connectivity index (χ3n) is 5.92. The molecule has 0 aromatic heterocycles. The lowest BCUT2D eigenvalue weighted by atomic mass is 10.0. The molecule has 2 aromatic rings. The standard InChI is InChI=1S/C25H29N3O4/c1-3-27(20-7-5-4-6-8-20)23-22(19-9-11-21(31-2)12-10-19)24(29)28(25(23)30)14-13-26-15-17-32-18-16-26/h4-12H,3,13-18H2,1-2H3. The molecule has 2 aliphatic heterocycles. The fraction of sp³-hybridized carbons (Fsp3) is 0.360. The van der Waals surface area contributed by atoms with Gasteiger partial charge in [-0.1, -0.05) is 30.3 Å². The number of benzene rings is 2. The van der Waals surface area contributed by atoms with Crippen LogP contribution in [-0.2, 0) is 14.3 Å². The van der Waals surface area contributed by atoms with Crippen LogP contribution >= 0.6 is 0 Å². The van der Waals surface area contributed by atoms with Crippen LogP contribution in [0.25, 0.3) is 5.57 Å². The number of hydrogen-bond acceptors (Lipinski definition) is 6. The largest absolute Gasteiger partial charge is 0.497 e. The number of para-hydroxylation sites is 1. The molecule has 32 heavy (non-hydrogen) atoms. The maximum atomic E-state index is 13.6. The van der Waals surface area contributed by atoms with E-state index in [2.05, 4.69) is 4.90 Å². The highest BCUT2D eigenvalue weighted by Crippen LogP contribution is 2.34. The maximum Gasteiger partial charge on any atom is 0.278 e. The van der Waals surface area contributed by atoms with Crippen molar-refractivity contribution in [3.05, 3.63) is 65.9 Å². The van der Waals surface area contributed by atoms with Gasteiger partial charge in [-0.05, 0) is 36.8 Å². The summed E-state index contributed by atoms with van der Waals surface area (Å²) in [6.07, 6.45) is 0. The summed E-state index contributed by atoms with van der Waals surface area (Å²) in [7, 11) is 1.60. The minimum atomic E-state index is -0.252. The second kappa shape index (κ2) is 9.97. The van der Waals surface area contributed by atoms with Gasteiger partial charge in [-0.25, -0.2) is 0 Å². The number of rotatable bonds is 8. The molecule has 2 aliphatic rings. The van der Waals surface area contributed by atoms with Crippen LogP contribution in [0.2, 0.25) is 0 Å². The summed E-state index contributed by atoms with van der Waals surface area (Å²) in [5.41, 5.74) is 2.45. The number of likely N-dealkylation sites (N-methyl/N-ethyl adjacent to an activating group) is 1. The second-order valence-corrected chi connectivity index (χ2v) is 7.75. The SMILES string of the molecule is CCN(C1=C(c2ccc(OC)cc2)C(=O)N(CCN2CCOCC2)C1=O)c1ccccc1. The van der Waals surface area contributed by atoms with Crippen molar-refractivity contribution in [2.24, 2.45) is 0 Å². The van der Waals surface area contributed by atoms with Gasteiger partial charge in [-0.2, -0.15) is 0 Å². The van der Waals surface area contributed by atoms with Crippen LogP contribution in [0.3, 0.4) is 0 Å². The van der Waals surface area contributed by atoms with Crippen LogP contribution in [0, 0.1) is 0 Å². The Morgan fingerprint density at radius 1 is 0.938 bits per heavy atom. The molecule has 7 heteroatoms. The van der Waals surface area contributed by atoms with E-state index in [1.54, 1.807) is 7.11 Å². The van der Waals surface area contributed by atoms with E-state index in [0.717, 1.165) is 18.8 Å². The Balaban J connectivity index is 1.69. The van der Waals surface area contributed by atoms with E-state index in [1.807, 2.05) is 66.4 Å². The van der Waals surface area contributed by atoms with E-state index < -0.39 is 0 Å². The molecule has 0 saturated carbocycles. The van der Waals surface area contributed by atoms with Gasteiger partial charge in [0.25, 0.3) is 11.8 Å². The Kier molecular flexibility index (Phi) is 6.87. The molecule has 0 aliphatic carbocycles. The van der Waals surface area contributed by atoms with E-state index in [0.29, 0.717) is 55.4 Å². The molecule has 0 N–H and O–H groups in total. The first-order chi connectivity index (χ1) is 15.6. The molecule has 168 valence electrons. The summed E-state index contributed by atoms with van der Waals surface area (Å²) in [5, 5.41) is 0. The average Bonchev–Trinajstić information content (AvgIpc) is 3.09. The van der Waals surface area contributed by atoms with Crippen LogP contribution in [0.15, 0.2) is 60.3 Å². The third kappa shape index (κ3) is 4.40. The van der Waals surface area contributed by atoms with Crippen molar-refractivity contribution in [1.82, 2.24) is 9.80 Å². The maximum absolute atomic E-state index is 13.6. The predicted octanol–water partition coefficient (Wildman–Crippen LogP) is 2.63. The molecule has 2 heterocycles. The highest BCUT2D eigenvalue weighted by Gasteiger charge is 2.41. The number of imide groups is 1. The van der Waals surface area contributed by atoms with Gasteiger partial charge in [0.05, 0.1) is 25.9 Å². The molecular weight excluding hydrogens is 406 g/mol. The minimum Gasteiger partial charge on any atom is -0.497 e. The first kappa shape index (κ1) is 22.0. The molecule has 0 bridgehead atoms. The Labute approximate surface area is 188 Å². The Hall–Kier alpha value is -3.16. The van der Waals surface area contributed by atoms with E-state index in [-0.39, 0.29) is 11.8 Å². The summed E-state index contributed by atoms with van der Waals surface area (Å²) in [5.74, 6) is 0.199. The van der Waals surface area contributed by atoms with Gasteiger partial charge in [0.15, 0.2) is 0 Å². The molecule has 2 amide bonds. The van der Waals surface area contributed by atoms with Crippen molar-refractivity contribution in [1.29, 1.82) is 0 Å². The van der Waals surface area contributed by atoms with E-state index >= 15 is 0 Å². The Morgan fingerprint density at radius 2 is 1.62 bits per heavy atom. The van der Waals surface area contributed by atoms with Crippen LogP contribution in [0.4, 0.5) is 5.69 Å². The van der Waals surface area contributed by atoms with Gasteiger partial charge < -0.3 is 14.4 Å². The molecule has 0 atom stereocenters. The average molecular weight is 436 g/mol. The Bertz CT molecular complexity index is 982. The minimum absolute atomic E-state index is 0.250. The van der Waals surface area contributed by atoms with Crippen LogP contribution in [0.1, 0.15) is 12.5 Å². The predicted molar refractivity (Wildman–Crippen MR) is 123 cm³/mol. The molecule has 0 radical (unpaired) electrons. The van der Waals surface area contributed by atoms with Gasteiger partial charge in [-0.15, -0.1) is 0 Å². The summed E-state index contributed by atoms with van der Waals surface area (Å²) in [6.45, 7) is 6.53. The van der Waals surface area contributed by atoms with Crippen molar-refractivity contribution < 1.29 is 19.1 Å². The topological polar surface area (TPSA) is 62.3 Å². The van der Waals surface area contributed by atoms with Gasteiger partial charge in [0.2, 0.25) is 0 Å². The molecule has 1 saturated heterocycles. The zero-order chi connectivity index (χ0) is 22.5. The summed E-state index contributed by atoms with van der Waals surface area (Å²) < 4.78 is 10.7. The molecular formula is C25H29N3O4. The number of methoxy groups -OCH3 is 1. The lowest BCUT2D eigenvalue weighted by Gasteiger charge is -2.28. The van der Waals surface area contributed by atoms with Gasteiger partial charge >= 0.3 is 0 Å². The fourth-order valence-electron chi connectivity index (χ4n) is 4.18. The van der Waals surface area contributed by atoms with E-state index in [1.165, 1.54) is 4.90 Å². The van der Waals surface area contributed by atoms with E-state index in [9.17, 15) is 9.59 Å². The zero-order valence-electron chi connectivity index (χ0n) is 18.6. The number of hydrogen-bond donors (Lipinski definition) is 0. The molecule has 0 spiro atoms. The number of carbonyl (C=O) groups is 2. The number of nitrogens with zero attached hydrogens (tertiary/aromatic N) is 3. The smallest absolute Gasteiger partial charge is 0.278 e. The quantitative estimate of drug-likeness (QED) is 0.594. The lowest BCUT2D eigenvalue weighted by molar-refractivity contribution is -0.137. The lowest BCUT2D eigenvalue weighted by Crippen LogP contribution is -2.44. The second-order valence-electron chi connectivity index (χ2n) is 7.75. The molecule has 4 rings (SSSR count). The first-order valence-electron chi connectivity index (χ1n) is 11.0. The molecule has 7 nitrogen and oxygen atoms in total. The number of amides is 2. The van der Waals surface area contributed by atoms with Crippen molar-refractivity contribution >= 4 is 23.1 Å². The number of morpholine rings is 1. The van der Waals surface area contributed by atoms with Crippen molar-refractivity contribution in [2.75, 3.05) is 57.9 Å². The highest BCUT2D eigenvalue weighted by atomic mass is 16.5. The van der Waals surface area contributed by atoms with Crippen LogP contribution in [-0.4, -0.2) is 74.7 Å². The van der Waals surface area contributed by atoms with E-state index in [4.69, 9.17) is 9.47 Å². The van der Waals surface area contributed by atoms with Crippen molar-refractivity contribution in [2.45, 2.75) is 6.92 Å². The summed E-state index contributed by atoms with van der Waals surface area (Å²) >= 11 is 0. The number of carbonyl (C=O) groups excluding carboxylic acids is 2. The summed E-state index contributed by atoms with van der Waals surface area (Å²) in [6, 6.07) is 17.0.